The second kappa shape index (κ2) is 6.58. The van der Waals surface area contributed by atoms with E-state index in [0.29, 0.717) is 10.4 Å². The van der Waals surface area contributed by atoms with Crippen LogP contribution in [0.1, 0.15) is 48.3 Å². The van der Waals surface area contributed by atoms with Crippen molar-refractivity contribution in [3.63, 3.8) is 0 Å². The van der Waals surface area contributed by atoms with E-state index in [2.05, 4.69) is 15.1 Å². The third kappa shape index (κ3) is 3.52. The van der Waals surface area contributed by atoms with Gasteiger partial charge < -0.3 is 10.3 Å². The van der Waals surface area contributed by atoms with Gasteiger partial charge in [0.15, 0.2) is 11.0 Å². The van der Waals surface area contributed by atoms with Gasteiger partial charge in [0.25, 0.3) is 0 Å². The first kappa shape index (κ1) is 13.9. The molecule has 2 aromatic heterocycles. The molecule has 0 amide bonds. The van der Waals surface area contributed by atoms with E-state index < -0.39 is 0 Å². The second-order valence-corrected chi connectivity index (χ2v) is 7.13. The number of nitrogens with zero attached hydrogens (tertiary/aromatic N) is 3. The first-order valence-corrected chi connectivity index (χ1v) is 8.88. The molecule has 0 saturated carbocycles. The molecule has 1 unspecified atom stereocenters. The van der Waals surface area contributed by atoms with Gasteiger partial charge in [-0.25, -0.2) is 4.98 Å². The molecular weight excluding hydrogens is 292 g/mol. The van der Waals surface area contributed by atoms with Gasteiger partial charge in [0.1, 0.15) is 0 Å². The van der Waals surface area contributed by atoms with Crippen LogP contribution in [0.25, 0.3) is 0 Å². The topological polar surface area (TPSA) is 77.8 Å². The number of nitrogens with two attached hydrogens (primary N) is 1. The molecule has 0 radical (unpaired) electrons. The number of hydrogen-bond donors (Lipinski definition) is 1. The fourth-order valence-corrected chi connectivity index (χ4v) is 4.13. The van der Waals surface area contributed by atoms with Crippen LogP contribution in [0.4, 0.5) is 5.13 Å². The molecule has 1 saturated heterocycles. The Morgan fingerprint density at radius 3 is 3.00 bits per heavy atom. The summed E-state index contributed by atoms with van der Waals surface area (Å²) in [6.07, 6.45) is 6.42. The van der Waals surface area contributed by atoms with Gasteiger partial charge in [-0.05, 0) is 31.4 Å². The van der Waals surface area contributed by atoms with E-state index in [9.17, 15) is 0 Å². The molecule has 2 N–H and O–H groups in total. The van der Waals surface area contributed by atoms with Crippen LogP contribution in [-0.4, -0.2) is 20.9 Å². The van der Waals surface area contributed by atoms with Crippen molar-refractivity contribution in [2.45, 2.75) is 43.8 Å². The summed E-state index contributed by atoms with van der Waals surface area (Å²) >= 11 is 3.43. The largest absolute Gasteiger partial charge is 0.375 e. The summed E-state index contributed by atoms with van der Waals surface area (Å²) < 4.78 is 5.34. The average molecular weight is 310 g/mol. The SMILES string of the molecule is Nc1nc(CCCc2nc(C3CCCCS3)no2)cs1. The molecule has 108 valence electrons. The molecule has 1 aliphatic rings. The van der Waals surface area contributed by atoms with Gasteiger partial charge in [-0.15, -0.1) is 11.3 Å². The maximum atomic E-state index is 5.61. The summed E-state index contributed by atoms with van der Waals surface area (Å²) in [5.41, 5.74) is 6.66. The van der Waals surface area contributed by atoms with Gasteiger partial charge in [-0.1, -0.05) is 11.6 Å². The molecule has 3 heterocycles. The van der Waals surface area contributed by atoms with Gasteiger partial charge in [0.2, 0.25) is 5.89 Å². The molecule has 1 aliphatic heterocycles. The standard InChI is InChI=1S/C13H18N4OS2/c14-13-15-9(8-20-13)4-3-6-11-16-12(17-18-11)10-5-1-2-7-19-10/h8,10H,1-7H2,(H2,14,15). The number of aryl methyl sites for hydroxylation is 2. The Bertz CT molecular complexity index is 548. The summed E-state index contributed by atoms with van der Waals surface area (Å²) in [5.74, 6) is 2.83. The van der Waals surface area contributed by atoms with Gasteiger partial charge in [-0.2, -0.15) is 16.7 Å². The minimum absolute atomic E-state index is 0.430. The molecule has 0 bridgehead atoms. The number of hydrogen-bond acceptors (Lipinski definition) is 7. The fraction of sp³-hybridized carbons (Fsp3) is 0.615. The Kier molecular flexibility index (Phi) is 4.57. The maximum Gasteiger partial charge on any atom is 0.226 e. The lowest BCUT2D eigenvalue weighted by Crippen LogP contribution is -2.03. The van der Waals surface area contributed by atoms with E-state index in [-0.39, 0.29) is 0 Å². The highest BCUT2D eigenvalue weighted by molar-refractivity contribution is 7.99. The zero-order valence-corrected chi connectivity index (χ0v) is 12.9. The monoisotopic (exact) mass is 310 g/mol. The first-order chi connectivity index (χ1) is 9.81. The van der Waals surface area contributed by atoms with E-state index in [1.165, 1.54) is 36.4 Å². The molecule has 3 rings (SSSR count). The molecule has 1 fully saturated rings. The first-order valence-electron chi connectivity index (χ1n) is 6.95. The smallest absolute Gasteiger partial charge is 0.226 e. The van der Waals surface area contributed by atoms with Crippen molar-refractivity contribution in [3.8, 4) is 0 Å². The normalized spacial score (nSPS) is 19.3. The van der Waals surface area contributed by atoms with Gasteiger partial charge in [-0.3, -0.25) is 0 Å². The van der Waals surface area contributed by atoms with Crippen LogP contribution in [0.15, 0.2) is 9.90 Å². The van der Waals surface area contributed by atoms with Crippen molar-refractivity contribution in [2.75, 3.05) is 11.5 Å². The summed E-state index contributed by atoms with van der Waals surface area (Å²) in [5, 5.41) is 7.20. The molecule has 1 atom stereocenters. The van der Waals surface area contributed by atoms with Crippen LogP contribution in [0, 0.1) is 0 Å². The van der Waals surface area contributed by atoms with Crippen molar-refractivity contribution in [1.82, 2.24) is 15.1 Å². The van der Waals surface area contributed by atoms with Gasteiger partial charge in [0, 0.05) is 11.8 Å². The Hall–Kier alpha value is -1.08. The van der Waals surface area contributed by atoms with Crippen LogP contribution in [0.5, 0.6) is 0 Å². The molecule has 7 heteroatoms. The van der Waals surface area contributed by atoms with Crippen LogP contribution in [0.2, 0.25) is 0 Å². The number of thiazole rings is 1. The van der Waals surface area contributed by atoms with Crippen LogP contribution < -0.4 is 5.73 Å². The van der Waals surface area contributed by atoms with E-state index in [0.717, 1.165) is 36.7 Å². The Morgan fingerprint density at radius 1 is 1.30 bits per heavy atom. The molecule has 20 heavy (non-hydrogen) atoms. The van der Waals surface area contributed by atoms with Crippen molar-refractivity contribution in [3.05, 3.63) is 22.8 Å². The predicted octanol–water partition coefficient (Wildman–Crippen LogP) is 3.24. The highest BCUT2D eigenvalue weighted by atomic mass is 32.2. The molecular formula is C13H18N4OS2. The molecule has 0 aliphatic carbocycles. The summed E-state index contributed by atoms with van der Waals surface area (Å²) in [6.45, 7) is 0. The van der Waals surface area contributed by atoms with E-state index in [4.69, 9.17) is 10.3 Å². The molecule has 5 nitrogen and oxygen atoms in total. The van der Waals surface area contributed by atoms with E-state index >= 15 is 0 Å². The van der Waals surface area contributed by atoms with E-state index in [1.807, 2.05) is 17.1 Å². The van der Waals surface area contributed by atoms with Crippen molar-refractivity contribution >= 4 is 28.2 Å². The minimum Gasteiger partial charge on any atom is -0.375 e. The second-order valence-electron chi connectivity index (χ2n) is 4.93. The van der Waals surface area contributed by atoms with Gasteiger partial charge >= 0.3 is 0 Å². The zero-order valence-electron chi connectivity index (χ0n) is 11.2. The third-order valence-electron chi connectivity index (χ3n) is 3.34. The zero-order chi connectivity index (χ0) is 13.8. The lowest BCUT2D eigenvalue weighted by atomic mass is 10.2. The number of aromatic nitrogens is 3. The summed E-state index contributed by atoms with van der Waals surface area (Å²) in [4.78, 5) is 8.78. The van der Waals surface area contributed by atoms with Crippen molar-refractivity contribution in [1.29, 1.82) is 0 Å². The summed E-state index contributed by atoms with van der Waals surface area (Å²) in [7, 11) is 0. The highest BCUT2D eigenvalue weighted by Gasteiger charge is 2.21. The maximum absolute atomic E-state index is 5.61. The van der Waals surface area contributed by atoms with Gasteiger partial charge in [0.05, 0.1) is 10.9 Å². The quantitative estimate of drug-likeness (QED) is 0.913. The Morgan fingerprint density at radius 2 is 2.25 bits per heavy atom. The van der Waals surface area contributed by atoms with Crippen molar-refractivity contribution in [2.24, 2.45) is 0 Å². The number of nitrogen functional groups attached to an aromatic ring is 1. The highest BCUT2D eigenvalue weighted by Crippen LogP contribution is 2.36. The van der Waals surface area contributed by atoms with E-state index in [1.54, 1.807) is 0 Å². The average Bonchev–Trinajstić information content (AvgIpc) is 3.09. The fourth-order valence-electron chi connectivity index (χ4n) is 2.30. The molecule has 0 spiro atoms. The molecule has 0 aromatic carbocycles. The lowest BCUT2D eigenvalue weighted by molar-refractivity contribution is 0.369. The minimum atomic E-state index is 0.430. The lowest BCUT2D eigenvalue weighted by Gasteiger charge is -2.17. The predicted molar refractivity (Wildman–Crippen MR) is 81.9 cm³/mol. The van der Waals surface area contributed by atoms with Crippen molar-refractivity contribution < 1.29 is 4.52 Å². The van der Waals surface area contributed by atoms with Crippen LogP contribution in [0.3, 0.4) is 0 Å². The Labute approximate surface area is 126 Å². The number of rotatable bonds is 5. The summed E-state index contributed by atoms with van der Waals surface area (Å²) in [6, 6.07) is 0. The number of anilines is 1. The number of thioether (sulfide) groups is 1. The van der Waals surface area contributed by atoms with Crippen LogP contribution >= 0.6 is 23.1 Å². The van der Waals surface area contributed by atoms with Crippen LogP contribution in [-0.2, 0) is 12.8 Å². The third-order valence-corrected chi connectivity index (χ3v) is 5.44. The Balaban J connectivity index is 1.49. The molecule has 2 aromatic rings.